The van der Waals surface area contributed by atoms with Gasteiger partial charge in [-0.1, -0.05) is 30.3 Å². The van der Waals surface area contributed by atoms with E-state index in [1.165, 1.54) is 18.4 Å². The van der Waals surface area contributed by atoms with Crippen LogP contribution in [0.3, 0.4) is 0 Å². The van der Waals surface area contributed by atoms with Gasteiger partial charge in [0.05, 0.1) is 0 Å². The number of hydrogen-bond donors (Lipinski definition) is 0. The zero-order valence-electron chi connectivity index (χ0n) is 12.0. The average Bonchev–Trinajstić information content (AvgIpc) is 3.03. The zero-order chi connectivity index (χ0) is 13.8. The summed E-state index contributed by atoms with van der Waals surface area (Å²) in [6.07, 6.45) is 2.33. The molecule has 1 aromatic rings. The molecule has 2 amide bonds. The molecular formula is C16H23N3O. The van der Waals surface area contributed by atoms with Gasteiger partial charge in [0.2, 0.25) is 0 Å². The van der Waals surface area contributed by atoms with Crippen LogP contribution in [-0.2, 0) is 6.54 Å². The number of nitrogens with zero attached hydrogens (tertiary/aromatic N) is 3. The Morgan fingerprint density at radius 1 is 0.850 bits per heavy atom. The van der Waals surface area contributed by atoms with Crippen molar-refractivity contribution in [1.82, 2.24) is 14.7 Å². The minimum Gasteiger partial charge on any atom is -0.325 e. The second-order valence-corrected chi connectivity index (χ2v) is 5.73. The maximum atomic E-state index is 12.3. The largest absolute Gasteiger partial charge is 0.325 e. The van der Waals surface area contributed by atoms with Gasteiger partial charge in [0, 0.05) is 45.8 Å². The fourth-order valence-corrected chi connectivity index (χ4v) is 3.05. The molecule has 2 heterocycles. The van der Waals surface area contributed by atoms with Crippen molar-refractivity contribution in [2.24, 2.45) is 0 Å². The lowest BCUT2D eigenvalue weighted by molar-refractivity contribution is 0.115. The fourth-order valence-electron chi connectivity index (χ4n) is 3.05. The van der Waals surface area contributed by atoms with Crippen LogP contribution in [0.2, 0.25) is 0 Å². The van der Waals surface area contributed by atoms with Gasteiger partial charge < -0.3 is 9.80 Å². The molecule has 2 aliphatic heterocycles. The minimum absolute atomic E-state index is 0.252. The molecule has 0 aromatic heterocycles. The average molecular weight is 273 g/mol. The second kappa shape index (κ2) is 6.27. The molecular weight excluding hydrogens is 250 g/mol. The number of likely N-dealkylation sites (tertiary alicyclic amines) is 1. The van der Waals surface area contributed by atoms with Crippen molar-refractivity contribution in [3.8, 4) is 0 Å². The molecule has 2 fully saturated rings. The van der Waals surface area contributed by atoms with E-state index < -0.39 is 0 Å². The van der Waals surface area contributed by atoms with Crippen molar-refractivity contribution in [3.05, 3.63) is 35.9 Å². The van der Waals surface area contributed by atoms with Crippen molar-refractivity contribution < 1.29 is 4.79 Å². The number of hydrogen-bond acceptors (Lipinski definition) is 2. The van der Waals surface area contributed by atoms with Crippen molar-refractivity contribution in [1.29, 1.82) is 0 Å². The molecule has 20 heavy (non-hydrogen) atoms. The van der Waals surface area contributed by atoms with Gasteiger partial charge in [0.1, 0.15) is 0 Å². The van der Waals surface area contributed by atoms with E-state index >= 15 is 0 Å². The first kappa shape index (κ1) is 13.4. The molecule has 0 unspecified atom stereocenters. The summed E-state index contributed by atoms with van der Waals surface area (Å²) >= 11 is 0. The van der Waals surface area contributed by atoms with Crippen LogP contribution in [0.4, 0.5) is 4.79 Å². The summed E-state index contributed by atoms with van der Waals surface area (Å²) in [7, 11) is 0. The lowest BCUT2D eigenvalue weighted by atomic mass is 10.2. The third kappa shape index (κ3) is 3.12. The van der Waals surface area contributed by atoms with Gasteiger partial charge in [-0.25, -0.2) is 4.79 Å². The van der Waals surface area contributed by atoms with Gasteiger partial charge in [-0.05, 0) is 18.4 Å². The van der Waals surface area contributed by atoms with Gasteiger partial charge >= 0.3 is 6.03 Å². The molecule has 0 radical (unpaired) electrons. The van der Waals surface area contributed by atoms with Crippen LogP contribution in [0.5, 0.6) is 0 Å². The van der Waals surface area contributed by atoms with Crippen LogP contribution in [0.25, 0.3) is 0 Å². The van der Waals surface area contributed by atoms with Crippen LogP contribution in [0.15, 0.2) is 30.3 Å². The van der Waals surface area contributed by atoms with Gasteiger partial charge in [0.25, 0.3) is 0 Å². The van der Waals surface area contributed by atoms with Gasteiger partial charge in [-0.2, -0.15) is 0 Å². The van der Waals surface area contributed by atoms with E-state index in [0.29, 0.717) is 0 Å². The van der Waals surface area contributed by atoms with Crippen LogP contribution < -0.4 is 0 Å². The molecule has 4 heteroatoms. The molecule has 0 aliphatic carbocycles. The molecule has 1 aromatic carbocycles. The summed E-state index contributed by atoms with van der Waals surface area (Å²) in [6.45, 7) is 6.58. The van der Waals surface area contributed by atoms with Crippen LogP contribution in [-0.4, -0.2) is 60.0 Å². The molecule has 108 valence electrons. The predicted molar refractivity (Wildman–Crippen MR) is 79.5 cm³/mol. The Labute approximate surface area is 121 Å². The lowest BCUT2D eigenvalue weighted by Gasteiger charge is -2.36. The van der Waals surface area contributed by atoms with Crippen molar-refractivity contribution >= 4 is 6.03 Å². The summed E-state index contributed by atoms with van der Waals surface area (Å²) in [5.74, 6) is 0. The third-order valence-electron chi connectivity index (χ3n) is 4.27. The predicted octanol–water partition coefficient (Wildman–Crippen LogP) is 2.02. The van der Waals surface area contributed by atoms with Crippen molar-refractivity contribution in [2.75, 3.05) is 39.3 Å². The van der Waals surface area contributed by atoms with E-state index in [0.717, 1.165) is 45.8 Å². The minimum atomic E-state index is 0.252. The van der Waals surface area contributed by atoms with E-state index in [1.807, 2.05) is 9.80 Å². The topological polar surface area (TPSA) is 26.8 Å². The number of benzene rings is 1. The standard InChI is InChI=1S/C16H23N3O/c20-16(18-8-4-5-9-18)19-12-10-17(11-13-19)14-15-6-2-1-3-7-15/h1-3,6-7H,4-5,8-14H2. The first-order chi connectivity index (χ1) is 9.83. The molecule has 3 rings (SSSR count). The molecule has 2 aliphatic rings. The molecule has 0 bridgehead atoms. The SMILES string of the molecule is O=C(N1CCCC1)N1CCN(Cc2ccccc2)CC1. The van der Waals surface area contributed by atoms with E-state index in [2.05, 4.69) is 35.2 Å². The Bertz CT molecular complexity index is 434. The highest BCUT2D eigenvalue weighted by Gasteiger charge is 2.26. The van der Waals surface area contributed by atoms with Gasteiger partial charge in [-0.3, -0.25) is 4.90 Å². The smallest absolute Gasteiger partial charge is 0.320 e. The number of urea groups is 1. The molecule has 0 saturated carbocycles. The monoisotopic (exact) mass is 273 g/mol. The van der Waals surface area contributed by atoms with E-state index in [1.54, 1.807) is 0 Å². The Morgan fingerprint density at radius 2 is 1.45 bits per heavy atom. The summed E-state index contributed by atoms with van der Waals surface area (Å²) in [6, 6.07) is 10.8. The van der Waals surface area contributed by atoms with Crippen LogP contribution >= 0.6 is 0 Å². The number of rotatable bonds is 2. The Kier molecular flexibility index (Phi) is 4.21. The zero-order valence-corrected chi connectivity index (χ0v) is 12.0. The highest BCUT2D eigenvalue weighted by Crippen LogP contribution is 2.13. The van der Waals surface area contributed by atoms with E-state index in [4.69, 9.17) is 0 Å². The molecule has 2 saturated heterocycles. The first-order valence-corrected chi connectivity index (χ1v) is 7.63. The number of carbonyl (C=O) groups is 1. The van der Waals surface area contributed by atoms with Crippen LogP contribution in [0, 0.1) is 0 Å². The quantitative estimate of drug-likeness (QED) is 0.824. The Balaban J connectivity index is 1.48. The van der Waals surface area contributed by atoms with E-state index in [-0.39, 0.29) is 6.03 Å². The number of amides is 2. The third-order valence-corrected chi connectivity index (χ3v) is 4.27. The van der Waals surface area contributed by atoms with Gasteiger partial charge in [0.15, 0.2) is 0 Å². The maximum absolute atomic E-state index is 12.3. The molecule has 4 nitrogen and oxygen atoms in total. The Morgan fingerprint density at radius 3 is 2.10 bits per heavy atom. The summed E-state index contributed by atoms with van der Waals surface area (Å²) < 4.78 is 0. The molecule has 0 atom stereocenters. The van der Waals surface area contributed by atoms with Crippen LogP contribution in [0.1, 0.15) is 18.4 Å². The molecule has 0 spiro atoms. The van der Waals surface area contributed by atoms with Crippen molar-refractivity contribution in [2.45, 2.75) is 19.4 Å². The second-order valence-electron chi connectivity index (χ2n) is 5.73. The number of piperazine rings is 1. The normalized spacial score (nSPS) is 20.4. The summed E-state index contributed by atoms with van der Waals surface area (Å²) in [5, 5.41) is 0. The van der Waals surface area contributed by atoms with Gasteiger partial charge in [-0.15, -0.1) is 0 Å². The Hall–Kier alpha value is -1.55. The molecule has 0 N–H and O–H groups in total. The maximum Gasteiger partial charge on any atom is 0.320 e. The van der Waals surface area contributed by atoms with Crippen molar-refractivity contribution in [3.63, 3.8) is 0 Å². The van der Waals surface area contributed by atoms with E-state index in [9.17, 15) is 4.79 Å². The fraction of sp³-hybridized carbons (Fsp3) is 0.562. The number of carbonyl (C=O) groups excluding carboxylic acids is 1. The highest BCUT2D eigenvalue weighted by atomic mass is 16.2. The summed E-state index contributed by atoms with van der Waals surface area (Å²) in [4.78, 5) is 18.8. The lowest BCUT2D eigenvalue weighted by Crippen LogP contribution is -2.52. The first-order valence-electron chi connectivity index (χ1n) is 7.63. The highest BCUT2D eigenvalue weighted by molar-refractivity contribution is 5.74. The summed E-state index contributed by atoms with van der Waals surface area (Å²) in [5.41, 5.74) is 1.35.